The van der Waals surface area contributed by atoms with Crippen LogP contribution in [0.25, 0.3) is 0 Å². The lowest BCUT2D eigenvalue weighted by atomic mass is 10.2. The van der Waals surface area contributed by atoms with Gasteiger partial charge in [-0.15, -0.1) is 0 Å². The minimum Gasteiger partial charge on any atom is -0.487 e. The lowest BCUT2D eigenvalue weighted by Gasteiger charge is -2.08. The van der Waals surface area contributed by atoms with E-state index in [0.29, 0.717) is 17.4 Å². The van der Waals surface area contributed by atoms with Crippen molar-refractivity contribution >= 4 is 27.5 Å². The van der Waals surface area contributed by atoms with Gasteiger partial charge in [-0.2, -0.15) is 0 Å². The highest BCUT2D eigenvalue weighted by atomic mass is 79.9. The number of benzene rings is 2. The van der Waals surface area contributed by atoms with Gasteiger partial charge in [0.15, 0.2) is 0 Å². The molecule has 0 saturated heterocycles. The van der Waals surface area contributed by atoms with Crippen LogP contribution in [0, 0.1) is 5.82 Å². The van der Waals surface area contributed by atoms with Crippen LogP contribution in [0.5, 0.6) is 5.75 Å². The van der Waals surface area contributed by atoms with Crippen LogP contribution in [0.2, 0.25) is 5.02 Å². The Hall–Kier alpha value is -1.06. The fourth-order valence-electron chi connectivity index (χ4n) is 1.33. The highest BCUT2D eigenvalue weighted by Crippen LogP contribution is 2.28. The van der Waals surface area contributed by atoms with Gasteiger partial charge >= 0.3 is 0 Å². The SMILES string of the molecule is Fc1ccc(COc2cc(Br)ccc2Cl)cc1. The van der Waals surface area contributed by atoms with E-state index in [1.54, 1.807) is 24.3 Å². The lowest BCUT2D eigenvalue weighted by Crippen LogP contribution is -1.96. The Kier molecular flexibility index (Phi) is 4.02. The Labute approximate surface area is 112 Å². The Bertz CT molecular complexity index is 513. The summed E-state index contributed by atoms with van der Waals surface area (Å²) < 4.78 is 19.2. The summed E-state index contributed by atoms with van der Waals surface area (Å²) in [5.74, 6) is 0.347. The number of rotatable bonds is 3. The van der Waals surface area contributed by atoms with Crippen LogP contribution in [0.3, 0.4) is 0 Å². The predicted molar refractivity (Wildman–Crippen MR) is 69.9 cm³/mol. The Morgan fingerprint density at radius 3 is 2.53 bits per heavy atom. The minimum absolute atomic E-state index is 0.255. The third-order valence-corrected chi connectivity index (χ3v) is 3.01. The molecule has 0 N–H and O–H groups in total. The van der Waals surface area contributed by atoms with Crippen LogP contribution in [0.4, 0.5) is 4.39 Å². The molecule has 0 atom stereocenters. The van der Waals surface area contributed by atoms with Gasteiger partial charge in [0, 0.05) is 4.47 Å². The molecule has 0 spiro atoms. The van der Waals surface area contributed by atoms with Crippen LogP contribution in [-0.2, 0) is 6.61 Å². The van der Waals surface area contributed by atoms with Crippen LogP contribution < -0.4 is 4.74 Å². The molecule has 0 heterocycles. The third kappa shape index (κ3) is 3.45. The fraction of sp³-hybridized carbons (Fsp3) is 0.0769. The molecule has 0 aliphatic heterocycles. The molecule has 1 nitrogen and oxygen atoms in total. The van der Waals surface area contributed by atoms with Crippen molar-refractivity contribution in [1.29, 1.82) is 0 Å². The monoisotopic (exact) mass is 314 g/mol. The van der Waals surface area contributed by atoms with E-state index in [0.717, 1.165) is 10.0 Å². The molecule has 2 rings (SSSR count). The molecule has 0 aromatic heterocycles. The molecule has 4 heteroatoms. The third-order valence-electron chi connectivity index (χ3n) is 2.20. The number of hydrogen-bond donors (Lipinski definition) is 0. The molecule has 2 aromatic rings. The second kappa shape index (κ2) is 5.52. The van der Waals surface area contributed by atoms with E-state index in [2.05, 4.69) is 15.9 Å². The first-order valence-electron chi connectivity index (χ1n) is 4.97. The van der Waals surface area contributed by atoms with Crippen molar-refractivity contribution < 1.29 is 9.13 Å². The van der Waals surface area contributed by atoms with E-state index >= 15 is 0 Å². The Morgan fingerprint density at radius 2 is 1.82 bits per heavy atom. The average molecular weight is 316 g/mol. The summed E-state index contributed by atoms with van der Waals surface area (Å²) >= 11 is 9.33. The zero-order chi connectivity index (χ0) is 12.3. The van der Waals surface area contributed by atoms with Crippen molar-refractivity contribution in [1.82, 2.24) is 0 Å². The normalized spacial score (nSPS) is 10.3. The molecule has 88 valence electrons. The van der Waals surface area contributed by atoms with Crippen molar-refractivity contribution in [2.45, 2.75) is 6.61 Å². The van der Waals surface area contributed by atoms with E-state index in [-0.39, 0.29) is 5.82 Å². The summed E-state index contributed by atoms with van der Waals surface area (Å²) in [5, 5.41) is 0.551. The first kappa shape index (κ1) is 12.4. The first-order chi connectivity index (χ1) is 8.15. The largest absolute Gasteiger partial charge is 0.487 e. The Morgan fingerprint density at radius 1 is 1.12 bits per heavy atom. The molecule has 0 fully saturated rings. The van der Waals surface area contributed by atoms with E-state index in [1.807, 2.05) is 6.07 Å². The van der Waals surface area contributed by atoms with Crippen LogP contribution >= 0.6 is 27.5 Å². The summed E-state index contributed by atoms with van der Waals surface area (Å²) in [4.78, 5) is 0. The number of ether oxygens (including phenoxy) is 1. The summed E-state index contributed by atoms with van der Waals surface area (Å²) in [6.07, 6.45) is 0. The first-order valence-corrected chi connectivity index (χ1v) is 6.14. The van der Waals surface area contributed by atoms with Gasteiger partial charge in [-0.1, -0.05) is 39.7 Å². The van der Waals surface area contributed by atoms with Gasteiger partial charge in [0.2, 0.25) is 0 Å². The molecule has 0 radical (unpaired) electrons. The zero-order valence-electron chi connectivity index (χ0n) is 8.79. The summed E-state index contributed by atoms with van der Waals surface area (Å²) in [5.41, 5.74) is 0.891. The molecule has 0 aliphatic rings. The standard InChI is InChI=1S/C13H9BrClFO/c14-10-3-6-12(15)13(7-10)17-8-9-1-4-11(16)5-2-9/h1-7H,8H2. The molecular formula is C13H9BrClFO. The quantitative estimate of drug-likeness (QED) is 0.789. The molecule has 0 saturated carbocycles. The summed E-state index contributed by atoms with van der Waals surface area (Å²) in [6.45, 7) is 0.358. The van der Waals surface area contributed by atoms with Gasteiger partial charge in [-0.3, -0.25) is 0 Å². The van der Waals surface area contributed by atoms with Crippen molar-refractivity contribution in [3.63, 3.8) is 0 Å². The van der Waals surface area contributed by atoms with Crippen molar-refractivity contribution in [3.05, 3.63) is 63.3 Å². The van der Waals surface area contributed by atoms with Crippen molar-refractivity contribution in [2.75, 3.05) is 0 Å². The lowest BCUT2D eigenvalue weighted by molar-refractivity contribution is 0.306. The van der Waals surface area contributed by atoms with Crippen molar-refractivity contribution in [2.24, 2.45) is 0 Å². The highest BCUT2D eigenvalue weighted by molar-refractivity contribution is 9.10. The maximum atomic E-state index is 12.7. The molecular weight excluding hydrogens is 306 g/mol. The molecule has 0 unspecified atom stereocenters. The maximum absolute atomic E-state index is 12.7. The van der Waals surface area contributed by atoms with Gasteiger partial charge in [0.05, 0.1) is 5.02 Å². The average Bonchev–Trinajstić information content (AvgIpc) is 2.32. The summed E-state index contributed by atoms with van der Waals surface area (Å²) in [7, 11) is 0. The van der Waals surface area contributed by atoms with Crippen LogP contribution in [-0.4, -0.2) is 0 Å². The van der Waals surface area contributed by atoms with E-state index < -0.39 is 0 Å². The van der Waals surface area contributed by atoms with E-state index in [4.69, 9.17) is 16.3 Å². The zero-order valence-corrected chi connectivity index (χ0v) is 11.1. The number of hydrogen-bond acceptors (Lipinski definition) is 1. The van der Waals surface area contributed by atoms with Gasteiger partial charge in [0.1, 0.15) is 18.2 Å². The van der Waals surface area contributed by atoms with Crippen LogP contribution in [0.1, 0.15) is 5.56 Å². The topological polar surface area (TPSA) is 9.23 Å². The van der Waals surface area contributed by atoms with E-state index in [9.17, 15) is 4.39 Å². The second-order valence-corrected chi connectivity index (χ2v) is 4.81. The van der Waals surface area contributed by atoms with Gasteiger partial charge < -0.3 is 4.74 Å². The Balaban J connectivity index is 2.07. The van der Waals surface area contributed by atoms with Crippen LogP contribution in [0.15, 0.2) is 46.9 Å². The van der Waals surface area contributed by atoms with Gasteiger partial charge in [-0.25, -0.2) is 4.39 Å². The van der Waals surface area contributed by atoms with Crippen molar-refractivity contribution in [3.8, 4) is 5.75 Å². The predicted octanol–water partition coefficient (Wildman–Crippen LogP) is 4.82. The maximum Gasteiger partial charge on any atom is 0.139 e. The van der Waals surface area contributed by atoms with Gasteiger partial charge in [0.25, 0.3) is 0 Å². The fourth-order valence-corrected chi connectivity index (χ4v) is 1.84. The molecule has 0 amide bonds. The highest BCUT2D eigenvalue weighted by Gasteiger charge is 2.03. The number of halogens is 3. The molecule has 17 heavy (non-hydrogen) atoms. The molecule has 2 aromatic carbocycles. The van der Waals surface area contributed by atoms with Gasteiger partial charge in [-0.05, 0) is 35.9 Å². The summed E-state index contributed by atoms with van der Waals surface area (Å²) in [6, 6.07) is 11.6. The smallest absolute Gasteiger partial charge is 0.139 e. The van der Waals surface area contributed by atoms with E-state index in [1.165, 1.54) is 12.1 Å². The second-order valence-electron chi connectivity index (χ2n) is 3.49. The molecule has 0 aliphatic carbocycles. The molecule has 0 bridgehead atoms. The minimum atomic E-state index is -0.255.